The van der Waals surface area contributed by atoms with Crippen LogP contribution in [-0.4, -0.2) is 44.2 Å². The van der Waals surface area contributed by atoms with Crippen LogP contribution in [0.3, 0.4) is 0 Å². The van der Waals surface area contributed by atoms with Gasteiger partial charge in [-0.3, -0.25) is 4.79 Å². The second-order valence-electron chi connectivity index (χ2n) is 6.64. The number of hydrogen-bond acceptors (Lipinski definition) is 4. The van der Waals surface area contributed by atoms with Crippen LogP contribution in [0.1, 0.15) is 24.8 Å². The molecule has 134 valence electrons. The molecule has 3 unspecified atom stereocenters. The average Bonchev–Trinajstić information content (AvgIpc) is 3.14. The number of nitrogens with two attached hydrogens (primary N) is 1. The molecular weight excluding hydrogens is 328 g/mol. The summed E-state index contributed by atoms with van der Waals surface area (Å²) in [6.45, 7) is 1.71. The van der Waals surface area contributed by atoms with Crippen molar-refractivity contribution in [1.29, 1.82) is 0 Å². The maximum atomic E-state index is 12.5. The maximum Gasteiger partial charge on any atom is 0.222 e. The first-order chi connectivity index (χ1) is 11.1. The van der Waals surface area contributed by atoms with Crippen LogP contribution in [-0.2, 0) is 11.2 Å². The predicted molar refractivity (Wildman–Crippen MR) is 95.9 cm³/mol. The van der Waals surface area contributed by atoms with Gasteiger partial charge < -0.3 is 20.1 Å². The Balaban J connectivity index is 0.00000208. The van der Waals surface area contributed by atoms with Crippen LogP contribution < -0.4 is 15.2 Å². The van der Waals surface area contributed by atoms with Crippen molar-refractivity contribution in [1.82, 2.24) is 4.90 Å². The number of likely N-dealkylation sites (tertiary alicyclic amines) is 1. The summed E-state index contributed by atoms with van der Waals surface area (Å²) in [5.41, 5.74) is 7.16. The molecule has 2 fully saturated rings. The van der Waals surface area contributed by atoms with Crippen molar-refractivity contribution in [3.8, 4) is 11.5 Å². The highest BCUT2D eigenvalue weighted by atomic mass is 35.5. The quantitative estimate of drug-likeness (QED) is 0.880. The molecule has 2 aliphatic rings. The van der Waals surface area contributed by atoms with Crippen molar-refractivity contribution in [2.75, 3.05) is 27.3 Å². The number of fused-ring (bicyclic) bond motifs is 1. The van der Waals surface area contributed by atoms with Crippen LogP contribution >= 0.6 is 12.4 Å². The third-order valence-corrected chi connectivity index (χ3v) is 5.36. The van der Waals surface area contributed by atoms with E-state index in [2.05, 4.69) is 0 Å². The lowest BCUT2D eigenvalue weighted by atomic mass is 9.98. The third kappa shape index (κ3) is 3.78. The first-order valence-electron chi connectivity index (χ1n) is 8.36. The van der Waals surface area contributed by atoms with Gasteiger partial charge in [-0.05, 0) is 54.9 Å². The molecule has 1 aromatic carbocycles. The molecule has 2 N–H and O–H groups in total. The number of benzene rings is 1. The summed E-state index contributed by atoms with van der Waals surface area (Å²) in [5, 5.41) is 0. The van der Waals surface area contributed by atoms with Gasteiger partial charge in [0.05, 0.1) is 14.2 Å². The van der Waals surface area contributed by atoms with E-state index in [9.17, 15) is 4.79 Å². The molecule has 1 amide bonds. The average molecular weight is 355 g/mol. The summed E-state index contributed by atoms with van der Waals surface area (Å²) < 4.78 is 10.6. The van der Waals surface area contributed by atoms with E-state index < -0.39 is 0 Å². The Morgan fingerprint density at radius 3 is 2.71 bits per heavy atom. The first kappa shape index (κ1) is 18.9. The monoisotopic (exact) mass is 354 g/mol. The molecule has 3 atom stereocenters. The van der Waals surface area contributed by atoms with Gasteiger partial charge in [0, 0.05) is 25.6 Å². The summed E-state index contributed by atoms with van der Waals surface area (Å²) in [6, 6.07) is 5.97. The number of rotatable bonds is 5. The topological polar surface area (TPSA) is 64.8 Å². The largest absolute Gasteiger partial charge is 0.497 e. The molecule has 6 heteroatoms. The molecule has 1 aliphatic carbocycles. The predicted octanol–water partition coefficient (Wildman–Crippen LogP) is 2.25. The molecule has 1 aliphatic heterocycles. The molecule has 0 bridgehead atoms. The second-order valence-corrected chi connectivity index (χ2v) is 6.64. The lowest BCUT2D eigenvalue weighted by Gasteiger charge is -2.19. The van der Waals surface area contributed by atoms with Gasteiger partial charge in [0.25, 0.3) is 0 Å². The second kappa shape index (κ2) is 8.08. The van der Waals surface area contributed by atoms with Crippen molar-refractivity contribution in [3.05, 3.63) is 23.8 Å². The van der Waals surface area contributed by atoms with E-state index in [4.69, 9.17) is 15.2 Å². The van der Waals surface area contributed by atoms with Gasteiger partial charge in [0.1, 0.15) is 11.5 Å². The minimum absolute atomic E-state index is 0. The SMILES string of the molecule is COc1ccc(OC)c(CCC(=O)N2CC3CCC(N)C3C2)c1.Cl. The van der Waals surface area contributed by atoms with Gasteiger partial charge in [-0.25, -0.2) is 0 Å². The summed E-state index contributed by atoms with van der Waals surface area (Å²) in [7, 11) is 3.29. The van der Waals surface area contributed by atoms with Crippen molar-refractivity contribution < 1.29 is 14.3 Å². The zero-order chi connectivity index (χ0) is 16.4. The highest BCUT2D eigenvalue weighted by molar-refractivity contribution is 5.85. The summed E-state index contributed by atoms with van der Waals surface area (Å²) in [6.07, 6.45) is 3.44. The molecule has 0 aromatic heterocycles. The minimum Gasteiger partial charge on any atom is -0.497 e. The van der Waals surface area contributed by atoms with Gasteiger partial charge >= 0.3 is 0 Å². The lowest BCUT2D eigenvalue weighted by Crippen LogP contribution is -2.33. The van der Waals surface area contributed by atoms with E-state index in [1.54, 1.807) is 14.2 Å². The Labute approximate surface area is 149 Å². The Hall–Kier alpha value is -1.46. The summed E-state index contributed by atoms with van der Waals surface area (Å²) in [4.78, 5) is 14.5. The van der Waals surface area contributed by atoms with Gasteiger partial charge in [0.2, 0.25) is 5.91 Å². The van der Waals surface area contributed by atoms with Gasteiger partial charge in [-0.1, -0.05) is 0 Å². The van der Waals surface area contributed by atoms with Crippen molar-refractivity contribution >= 4 is 18.3 Å². The van der Waals surface area contributed by atoms with Crippen LogP contribution in [0.4, 0.5) is 0 Å². The van der Waals surface area contributed by atoms with E-state index in [-0.39, 0.29) is 24.4 Å². The lowest BCUT2D eigenvalue weighted by molar-refractivity contribution is -0.130. The highest BCUT2D eigenvalue weighted by Gasteiger charge is 2.42. The number of carbonyl (C=O) groups excluding carboxylic acids is 1. The van der Waals surface area contributed by atoms with Crippen molar-refractivity contribution in [2.24, 2.45) is 17.6 Å². The highest BCUT2D eigenvalue weighted by Crippen LogP contribution is 2.37. The van der Waals surface area contributed by atoms with E-state index in [1.165, 1.54) is 6.42 Å². The normalized spacial score (nSPS) is 25.1. The fourth-order valence-corrected chi connectivity index (χ4v) is 3.99. The summed E-state index contributed by atoms with van der Waals surface area (Å²) >= 11 is 0. The van der Waals surface area contributed by atoms with Crippen molar-refractivity contribution in [3.63, 3.8) is 0 Å². The van der Waals surface area contributed by atoms with E-state index in [0.29, 0.717) is 24.7 Å². The van der Waals surface area contributed by atoms with Crippen LogP contribution in [0.2, 0.25) is 0 Å². The van der Waals surface area contributed by atoms with Gasteiger partial charge in [0.15, 0.2) is 0 Å². The zero-order valence-electron chi connectivity index (χ0n) is 14.4. The molecular formula is C18H27ClN2O3. The van der Waals surface area contributed by atoms with E-state index >= 15 is 0 Å². The standard InChI is InChI=1S/C18H26N2O3.ClH/c1-22-14-5-7-17(23-2)12(9-14)4-8-18(21)20-10-13-3-6-16(19)15(13)11-20;/h5,7,9,13,15-16H,3-4,6,8,10-11,19H2,1-2H3;1H. The number of carbonyl (C=O) groups is 1. The molecule has 1 heterocycles. The minimum atomic E-state index is 0. The molecule has 1 aromatic rings. The number of hydrogen-bond donors (Lipinski definition) is 1. The van der Waals surface area contributed by atoms with Crippen LogP contribution in [0.15, 0.2) is 18.2 Å². The maximum absolute atomic E-state index is 12.5. The van der Waals surface area contributed by atoms with E-state index in [1.807, 2.05) is 23.1 Å². The molecule has 1 saturated carbocycles. The smallest absolute Gasteiger partial charge is 0.222 e. The number of halogens is 1. The Morgan fingerprint density at radius 2 is 2.04 bits per heavy atom. The third-order valence-electron chi connectivity index (χ3n) is 5.36. The van der Waals surface area contributed by atoms with Crippen LogP contribution in [0, 0.1) is 11.8 Å². The molecule has 24 heavy (non-hydrogen) atoms. The Kier molecular flexibility index (Phi) is 6.35. The van der Waals surface area contributed by atoms with Gasteiger partial charge in [-0.2, -0.15) is 0 Å². The number of ether oxygens (including phenoxy) is 2. The Morgan fingerprint density at radius 1 is 1.25 bits per heavy atom. The number of amides is 1. The number of nitrogens with zero attached hydrogens (tertiary/aromatic N) is 1. The number of methoxy groups -OCH3 is 2. The van der Waals surface area contributed by atoms with Crippen LogP contribution in [0.25, 0.3) is 0 Å². The molecule has 0 spiro atoms. The molecule has 1 saturated heterocycles. The van der Waals surface area contributed by atoms with Crippen LogP contribution in [0.5, 0.6) is 11.5 Å². The molecule has 0 radical (unpaired) electrons. The van der Waals surface area contributed by atoms with E-state index in [0.717, 1.165) is 36.6 Å². The molecule has 3 rings (SSSR count). The molecule has 5 nitrogen and oxygen atoms in total. The van der Waals surface area contributed by atoms with Gasteiger partial charge in [-0.15, -0.1) is 12.4 Å². The van der Waals surface area contributed by atoms with Crippen molar-refractivity contribution in [2.45, 2.75) is 31.7 Å². The first-order valence-corrected chi connectivity index (χ1v) is 8.36. The fraction of sp³-hybridized carbons (Fsp3) is 0.611. The zero-order valence-corrected chi connectivity index (χ0v) is 15.2. The summed E-state index contributed by atoms with van der Waals surface area (Å²) in [5.74, 6) is 2.93. The fourth-order valence-electron chi connectivity index (χ4n) is 3.99. The Bertz CT molecular complexity index is 581. The number of aryl methyl sites for hydroxylation is 1.